The molecule has 1 heterocycles. The van der Waals surface area contributed by atoms with Crippen LogP contribution in [0.15, 0.2) is 18.2 Å². The summed E-state index contributed by atoms with van der Waals surface area (Å²) >= 11 is 0. The second-order valence-electron chi connectivity index (χ2n) is 7.06. The van der Waals surface area contributed by atoms with Gasteiger partial charge >= 0.3 is 0 Å². The minimum Gasteiger partial charge on any atom is -0.493 e. The number of amides is 2. The Morgan fingerprint density at radius 2 is 1.81 bits per heavy atom. The topological polar surface area (TPSA) is 67.9 Å². The normalized spacial score (nSPS) is 21.8. The van der Waals surface area contributed by atoms with Gasteiger partial charge in [0, 0.05) is 19.6 Å². The Bertz CT molecular complexity index is 655. The van der Waals surface area contributed by atoms with Gasteiger partial charge in [-0.3, -0.25) is 9.59 Å². The van der Waals surface area contributed by atoms with Gasteiger partial charge in [0.1, 0.15) is 0 Å². The van der Waals surface area contributed by atoms with Crippen molar-refractivity contribution in [2.75, 3.05) is 33.9 Å². The van der Waals surface area contributed by atoms with Gasteiger partial charge in [-0.25, -0.2) is 0 Å². The fourth-order valence-corrected chi connectivity index (χ4v) is 3.60. The molecule has 1 N–H and O–H groups in total. The fraction of sp³-hybridized carbons (Fsp3) is 0.600. The van der Waals surface area contributed by atoms with Crippen LogP contribution >= 0.6 is 0 Å². The molecule has 0 radical (unpaired) electrons. The molecular weight excluding hydrogens is 332 g/mol. The largest absolute Gasteiger partial charge is 0.493 e. The van der Waals surface area contributed by atoms with E-state index in [1.165, 1.54) is 6.42 Å². The van der Waals surface area contributed by atoms with Gasteiger partial charge in [0.25, 0.3) is 0 Å². The quantitative estimate of drug-likeness (QED) is 0.808. The number of likely N-dealkylation sites (tertiary alicyclic amines) is 1. The van der Waals surface area contributed by atoms with Gasteiger partial charge in [-0.15, -0.1) is 0 Å². The van der Waals surface area contributed by atoms with Crippen molar-refractivity contribution < 1.29 is 19.1 Å². The van der Waals surface area contributed by atoms with Crippen molar-refractivity contribution in [3.63, 3.8) is 0 Å². The maximum atomic E-state index is 12.4. The maximum Gasteiger partial charge on any atom is 0.226 e. The van der Waals surface area contributed by atoms with E-state index in [9.17, 15) is 9.59 Å². The predicted molar refractivity (Wildman–Crippen MR) is 98.3 cm³/mol. The van der Waals surface area contributed by atoms with Gasteiger partial charge in [0.15, 0.2) is 11.5 Å². The Morgan fingerprint density at radius 1 is 1.08 bits per heavy atom. The zero-order valence-electron chi connectivity index (χ0n) is 15.6. The molecule has 6 nitrogen and oxygen atoms in total. The van der Waals surface area contributed by atoms with Gasteiger partial charge in [0.05, 0.1) is 26.1 Å². The van der Waals surface area contributed by atoms with Crippen LogP contribution in [-0.4, -0.2) is 50.6 Å². The summed E-state index contributed by atoms with van der Waals surface area (Å²) in [6, 6.07) is 5.75. The summed E-state index contributed by atoms with van der Waals surface area (Å²) in [4.78, 5) is 26.6. The van der Waals surface area contributed by atoms with Crippen LogP contribution in [0.1, 0.15) is 31.2 Å². The SMILES string of the molecule is COc1ccc(CCNC(=O)C2CC2C(=O)N2CCCCC2)cc1OC. The van der Waals surface area contributed by atoms with Crippen LogP contribution in [0.3, 0.4) is 0 Å². The molecule has 1 aliphatic carbocycles. The van der Waals surface area contributed by atoms with Crippen molar-refractivity contribution >= 4 is 11.8 Å². The van der Waals surface area contributed by atoms with E-state index >= 15 is 0 Å². The molecule has 26 heavy (non-hydrogen) atoms. The van der Waals surface area contributed by atoms with Crippen molar-refractivity contribution in [3.05, 3.63) is 23.8 Å². The summed E-state index contributed by atoms with van der Waals surface area (Å²) < 4.78 is 10.5. The Kier molecular flexibility index (Phi) is 6.01. The minimum absolute atomic E-state index is 0.000774. The standard InChI is InChI=1S/C20H28N2O4/c1-25-17-7-6-14(12-18(17)26-2)8-9-21-19(23)15-13-16(15)20(24)22-10-4-3-5-11-22/h6-7,12,15-16H,3-5,8-11,13H2,1-2H3,(H,21,23). The number of methoxy groups -OCH3 is 2. The zero-order chi connectivity index (χ0) is 18.5. The van der Waals surface area contributed by atoms with Crippen LogP contribution in [0, 0.1) is 11.8 Å². The number of benzene rings is 1. The van der Waals surface area contributed by atoms with Crippen LogP contribution in [0.2, 0.25) is 0 Å². The van der Waals surface area contributed by atoms with Crippen molar-refractivity contribution in [2.24, 2.45) is 11.8 Å². The molecule has 1 aromatic rings. The average Bonchev–Trinajstić information content (AvgIpc) is 3.48. The first-order valence-electron chi connectivity index (χ1n) is 9.41. The number of nitrogens with one attached hydrogen (secondary N) is 1. The van der Waals surface area contributed by atoms with Gasteiger partial charge in [-0.2, -0.15) is 0 Å². The van der Waals surface area contributed by atoms with Gasteiger partial charge < -0.3 is 19.7 Å². The van der Waals surface area contributed by atoms with Crippen molar-refractivity contribution in [1.82, 2.24) is 10.2 Å². The third-order valence-electron chi connectivity index (χ3n) is 5.27. The molecule has 2 unspecified atom stereocenters. The van der Waals surface area contributed by atoms with Crippen LogP contribution in [-0.2, 0) is 16.0 Å². The van der Waals surface area contributed by atoms with Crippen LogP contribution in [0.5, 0.6) is 11.5 Å². The van der Waals surface area contributed by atoms with E-state index in [0.29, 0.717) is 30.9 Å². The molecule has 2 fully saturated rings. The Labute approximate surface area is 154 Å². The van der Waals surface area contributed by atoms with Crippen LogP contribution in [0.25, 0.3) is 0 Å². The molecule has 0 spiro atoms. The smallest absolute Gasteiger partial charge is 0.226 e. The van der Waals surface area contributed by atoms with E-state index in [0.717, 1.165) is 31.5 Å². The molecule has 1 saturated heterocycles. The molecule has 2 amide bonds. The monoisotopic (exact) mass is 360 g/mol. The number of nitrogens with zero attached hydrogens (tertiary/aromatic N) is 1. The second-order valence-corrected chi connectivity index (χ2v) is 7.06. The molecule has 6 heteroatoms. The summed E-state index contributed by atoms with van der Waals surface area (Å²) in [5, 5.41) is 2.97. The molecule has 3 rings (SSSR count). The predicted octanol–water partition coefficient (Wildman–Crippen LogP) is 2.01. The van der Waals surface area contributed by atoms with E-state index in [-0.39, 0.29) is 23.7 Å². The van der Waals surface area contributed by atoms with E-state index in [1.807, 2.05) is 23.1 Å². The maximum absolute atomic E-state index is 12.4. The number of carbonyl (C=O) groups excluding carboxylic acids is 2. The van der Waals surface area contributed by atoms with Crippen molar-refractivity contribution in [3.8, 4) is 11.5 Å². The molecule has 0 bridgehead atoms. The third-order valence-corrected chi connectivity index (χ3v) is 5.27. The summed E-state index contributed by atoms with van der Waals surface area (Å²) in [6.45, 7) is 2.25. The highest BCUT2D eigenvalue weighted by Gasteiger charge is 2.49. The average molecular weight is 360 g/mol. The molecule has 2 aliphatic rings. The highest BCUT2D eigenvalue weighted by Crippen LogP contribution is 2.40. The minimum atomic E-state index is -0.144. The van der Waals surface area contributed by atoms with Crippen molar-refractivity contribution in [2.45, 2.75) is 32.1 Å². The molecule has 1 aliphatic heterocycles. The highest BCUT2D eigenvalue weighted by atomic mass is 16.5. The Morgan fingerprint density at radius 3 is 2.50 bits per heavy atom. The fourth-order valence-electron chi connectivity index (χ4n) is 3.60. The van der Waals surface area contributed by atoms with Crippen molar-refractivity contribution in [1.29, 1.82) is 0 Å². The lowest BCUT2D eigenvalue weighted by atomic mass is 10.1. The van der Waals surface area contributed by atoms with Gasteiger partial charge in [-0.05, 0) is 49.8 Å². The number of rotatable bonds is 7. The second kappa shape index (κ2) is 8.43. The first kappa shape index (κ1) is 18.5. The number of ether oxygens (including phenoxy) is 2. The third kappa shape index (κ3) is 4.29. The van der Waals surface area contributed by atoms with E-state index in [2.05, 4.69) is 5.32 Å². The number of carbonyl (C=O) groups is 2. The molecule has 0 aromatic heterocycles. The number of piperidine rings is 1. The first-order valence-corrected chi connectivity index (χ1v) is 9.41. The van der Waals surface area contributed by atoms with Crippen LogP contribution in [0.4, 0.5) is 0 Å². The number of hydrogen-bond acceptors (Lipinski definition) is 4. The summed E-state index contributed by atoms with van der Waals surface area (Å²) in [6.07, 6.45) is 4.77. The molecule has 1 aromatic carbocycles. The Balaban J connectivity index is 1.43. The Hall–Kier alpha value is -2.24. The highest BCUT2D eigenvalue weighted by molar-refractivity contribution is 5.92. The zero-order valence-corrected chi connectivity index (χ0v) is 15.6. The van der Waals surface area contributed by atoms with Crippen LogP contribution < -0.4 is 14.8 Å². The summed E-state index contributed by atoms with van der Waals surface area (Å²) in [5.74, 6) is 1.30. The molecule has 1 saturated carbocycles. The first-order chi connectivity index (χ1) is 12.6. The van der Waals surface area contributed by atoms with Gasteiger partial charge in [0.2, 0.25) is 11.8 Å². The molecular formula is C20H28N2O4. The molecule has 142 valence electrons. The lowest BCUT2D eigenvalue weighted by Crippen LogP contribution is -2.38. The summed E-state index contributed by atoms with van der Waals surface area (Å²) in [5.41, 5.74) is 1.07. The lowest BCUT2D eigenvalue weighted by molar-refractivity contribution is -0.135. The van der Waals surface area contributed by atoms with E-state index < -0.39 is 0 Å². The summed E-state index contributed by atoms with van der Waals surface area (Å²) in [7, 11) is 3.21. The molecule has 2 atom stereocenters. The van der Waals surface area contributed by atoms with E-state index in [4.69, 9.17) is 9.47 Å². The lowest BCUT2D eigenvalue weighted by Gasteiger charge is -2.26. The van der Waals surface area contributed by atoms with Gasteiger partial charge in [-0.1, -0.05) is 6.07 Å². The number of hydrogen-bond donors (Lipinski definition) is 1. The van der Waals surface area contributed by atoms with E-state index in [1.54, 1.807) is 14.2 Å².